The molecule has 0 saturated carbocycles. The summed E-state index contributed by atoms with van der Waals surface area (Å²) in [6, 6.07) is 20.0. The quantitative estimate of drug-likeness (QED) is 0.258. The van der Waals surface area contributed by atoms with Gasteiger partial charge in [-0.15, -0.1) is 0 Å². The standard InChI is InChI=1S/C21H15F5O5S2/c22-20(23,24)19(21(25,26)33(28,29)30)31-15-8-12-18(13-9-15)32(16-4-2-1-3-5-16)17-10-6-14(27)7-11-17/h1-13,19H,(H-,27,28,29,30)/p+1. The lowest BCUT2D eigenvalue weighted by Gasteiger charge is -2.26. The lowest BCUT2D eigenvalue weighted by molar-refractivity contribution is -0.239. The first-order chi connectivity index (χ1) is 15.3. The molecule has 0 radical (unpaired) electrons. The number of alkyl halides is 5. The minimum Gasteiger partial charge on any atom is -0.508 e. The van der Waals surface area contributed by atoms with Crippen LogP contribution in [0.1, 0.15) is 0 Å². The molecule has 0 aliphatic rings. The summed E-state index contributed by atoms with van der Waals surface area (Å²) in [4.78, 5) is 2.19. The highest BCUT2D eigenvalue weighted by molar-refractivity contribution is 7.97. The number of hydrogen-bond acceptors (Lipinski definition) is 4. The Morgan fingerprint density at radius 2 is 1.21 bits per heavy atom. The predicted molar refractivity (Wildman–Crippen MR) is 110 cm³/mol. The summed E-state index contributed by atoms with van der Waals surface area (Å²) in [5.74, 6) is -0.635. The molecule has 2 unspecified atom stereocenters. The third kappa shape index (κ3) is 5.57. The van der Waals surface area contributed by atoms with Gasteiger partial charge in [-0.05, 0) is 60.7 Å². The summed E-state index contributed by atoms with van der Waals surface area (Å²) in [7, 11) is -7.16. The first kappa shape index (κ1) is 24.8. The molecular formula is C21H16F5O5S2+. The number of phenols is 1. The van der Waals surface area contributed by atoms with Crippen molar-refractivity contribution < 1.29 is 44.8 Å². The smallest absolute Gasteiger partial charge is 0.432 e. The van der Waals surface area contributed by atoms with E-state index in [1.807, 2.05) is 12.1 Å². The van der Waals surface area contributed by atoms with Crippen LogP contribution >= 0.6 is 0 Å². The van der Waals surface area contributed by atoms with Gasteiger partial charge in [-0.2, -0.15) is 30.4 Å². The van der Waals surface area contributed by atoms with Gasteiger partial charge in [-0.1, -0.05) is 18.2 Å². The van der Waals surface area contributed by atoms with E-state index in [4.69, 9.17) is 4.55 Å². The normalized spacial score (nSPS) is 14.5. The van der Waals surface area contributed by atoms with Crippen molar-refractivity contribution in [3.05, 3.63) is 78.9 Å². The third-order valence-electron chi connectivity index (χ3n) is 4.31. The summed E-state index contributed by atoms with van der Waals surface area (Å²) in [5.41, 5.74) is 0. The van der Waals surface area contributed by atoms with Crippen LogP contribution in [0.25, 0.3) is 0 Å². The van der Waals surface area contributed by atoms with E-state index in [-0.39, 0.29) is 5.75 Å². The Morgan fingerprint density at radius 1 is 0.758 bits per heavy atom. The van der Waals surface area contributed by atoms with Gasteiger partial charge in [0.1, 0.15) is 11.5 Å². The molecule has 0 aromatic heterocycles. The Bertz CT molecular complexity index is 1180. The van der Waals surface area contributed by atoms with Crippen LogP contribution < -0.4 is 4.74 Å². The van der Waals surface area contributed by atoms with Crippen molar-refractivity contribution in [1.29, 1.82) is 0 Å². The van der Waals surface area contributed by atoms with Crippen LogP contribution in [-0.2, 0) is 21.0 Å². The molecule has 33 heavy (non-hydrogen) atoms. The van der Waals surface area contributed by atoms with E-state index in [2.05, 4.69) is 4.74 Å². The second-order valence-corrected chi connectivity index (χ2v) is 10.2. The molecule has 176 valence electrons. The molecule has 0 aliphatic carbocycles. The van der Waals surface area contributed by atoms with Crippen LogP contribution in [0.5, 0.6) is 11.5 Å². The zero-order valence-corrected chi connectivity index (χ0v) is 18.0. The van der Waals surface area contributed by atoms with Crippen LogP contribution in [0.15, 0.2) is 93.5 Å². The second kappa shape index (κ2) is 9.20. The van der Waals surface area contributed by atoms with E-state index < -0.39 is 44.3 Å². The van der Waals surface area contributed by atoms with Gasteiger partial charge in [0.25, 0.3) is 6.10 Å². The number of aromatic hydroxyl groups is 1. The van der Waals surface area contributed by atoms with E-state index >= 15 is 0 Å². The van der Waals surface area contributed by atoms with Gasteiger partial charge in [0.05, 0.1) is 10.9 Å². The summed E-state index contributed by atoms with van der Waals surface area (Å²) < 4.78 is 101. The van der Waals surface area contributed by atoms with E-state index in [1.165, 1.54) is 24.3 Å². The molecule has 3 rings (SSSR count). The Labute approximate surface area is 188 Å². The minimum absolute atomic E-state index is 0.0389. The van der Waals surface area contributed by atoms with E-state index in [1.54, 1.807) is 30.3 Å². The van der Waals surface area contributed by atoms with E-state index in [9.17, 15) is 35.5 Å². The molecule has 0 fully saturated rings. The fourth-order valence-corrected chi connectivity index (χ4v) is 5.31. The van der Waals surface area contributed by atoms with Crippen molar-refractivity contribution >= 4 is 21.0 Å². The number of ether oxygens (including phenoxy) is 1. The van der Waals surface area contributed by atoms with E-state index in [0.717, 1.165) is 21.9 Å². The van der Waals surface area contributed by atoms with Crippen LogP contribution in [0.2, 0.25) is 0 Å². The first-order valence-corrected chi connectivity index (χ1v) is 11.7. The topological polar surface area (TPSA) is 83.8 Å². The average molecular weight is 507 g/mol. The predicted octanol–water partition coefficient (Wildman–Crippen LogP) is 5.28. The third-order valence-corrected chi connectivity index (χ3v) is 7.44. The number of benzene rings is 3. The highest BCUT2D eigenvalue weighted by atomic mass is 32.2. The molecule has 0 heterocycles. The average Bonchev–Trinajstić information content (AvgIpc) is 2.73. The van der Waals surface area contributed by atoms with Gasteiger partial charge in [0, 0.05) is 0 Å². The molecule has 0 saturated heterocycles. The highest BCUT2D eigenvalue weighted by Crippen LogP contribution is 2.39. The van der Waals surface area contributed by atoms with Crippen molar-refractivity contribution in [3.8, 4) is 11.5 Å². The zero-order valence-electron chi connectivity index (χ0n) is 16.4. The molecule has 5 nitrogen and oxygen atoms in total. The van der Waals surface area contributed by atoms with Crippen molar-refractivity contribution in [3.63, 3.8) is 0 Å². The SMILES string of the molecule is O=S(=O)(O)C(F)(F)C(Oc1ccc([S+](c2ccccc2)c2ccc(O)cc2)cc1)C(F)(F)F. The summed E-state index contributed by atoms with van der Waals surface area (Å²) in [5, 5.41) is 3.94. The molecule has 3 aromatic carbocycles. The number of rotatable bonds is 7. The fourth-order valence-electron chi connectivity index (χ4n) is 2.80. The maximum atomic E-state index is 13.8. The van der Waals surface area contributed by atoms with Crippen LogP contribution in [0, 0.1) is 0 Å². The van der Waals surface area contributed by atoms with Gasteiger partial charge in [-0.25, -0.2) is 0 Å². The highest BCUT2D eigenvalue weighted by Gasteiger charge is 2.65. The fraction of sp³-hybridized carbons (Fsp3) is 0.143. The van der Waals surface area contributed by atoms with Crippen molar-refractivity contribution in [1.82, 2.24) is 0 Å². The summed E-state index contributed by atoms with van der Waals surface area (Å²) in [6.45, 7) is 0. The van der Waals surface area contributed by atoms with Crippen LogP contribution in [0.3, 0.4) is 0 Å². The molecule has 0 amide bonds. The second-order valence-electron chi connectivity index (χ2n) is 6.66. The Balaban J connectivity index is 1.97. The Hall–Kier alpha value is -2.83. The Kier molecular flexibility index (Phi) is 6.91. The first-order valence-electron chi connectivity index (χ1n) is 9.07. The molecule has 12 heteroatoms. The number of hydrogen-bond donors (Lipinski definition) is 2. The zero-order chi connectivity index (χ0) is 24.4. The molecule has 2 atom stereocenters. The lowest BCUT2D eigenvalue weighted by atomic mass is 10.3. The maximum absolute atomic E-state index is 13.8. The molecule has 2 N–H and O–H groups in total. The van der Waals surface area contributed by atoms with Crippen LogP contribution in [0.4, 0.5) is 22.0 Å². The van der Waals surface area contributed by atoms with E-state index in [0.29, 0.717) is 4.90 Å². The van der Waals surface area contributed by atoms with Crippen molar-refractivity contribution in [2.24, 2.45) is 0 Å². The number of phenolic OH excluding ortho intramolecular Hbond substituents is 1. The maximum Gasteiger partial charge on any atom is 0.432 e. The molecule has 0 aliphatic heterocycles. The van der Waals surface area contributed by atoms with Gasteiger partial charge >= 0.3 is 21.5 Å². The Morgan fingerprint density at radius 3 is 1.67 bits per heavy atom. The monoisotopic (exact) mass is 507 g/mol. The molecule has 3 aromatic rings. The van der Waals surface area contributed by atoms with Gasteiger partial charge in [0.2, 0.25) is 0 Å². The minimum atomic E-state index is -6.40. The van der Waals surface area contributed by atoms with Crippen molar-refractivity contribution in [2.75, 3.05) is 0 Å². The molecule has 0 bridgehead atoms. The van der Waals surface area contributed by atoms with Gasteiger partial charge in [0.15, 0.2) is 14.7 Å². The number of halogens is 5. The van der Waals surface area contributed by atoms with Crippen LogP contribution in [-0.4, -0.2) is 35.6 Å². The molecule has 0 spiro atoms. The largest absolute Gasteiger partial charge is 0.508 e. The lowest BCUT2D eigenvalue weighted by Crippen LogP contribution is -2.53. The van der Waals surface area contributed by atoms with Gasteiger partial charge < -0.3 is 9.84 Å². The summed E-state index contributed by atoms with van der Waals surface area (Å²) >= 11 is 0. The van der Waals surface area contributed by atoms with Gasteiger partial charge in [-0.3, -0.25) is 4.55 Å². The summed E-state index contributed by atoms with van der Waals surface area (Å²) in [6.07, 6.45) is -9.91. The molecular weight excluding hydrogens is 491 g/mol. The van der Waals surface area contributed by atoms with Crippen molar-refractivity contribution in [2.45, 2.75) is 32.2 Å².